The number of carbonyl (C=O) groups excluding carboxylic acids is 1. The van der Waals surface area contributed by atoms with Crippen LogP contribution in [0.1, 0.15) is 22.6 Å². The molecule has 1 aliphatic carbocycles. The maximum atomic E-state index is 12.4. The van der Waals surface area contributed by atoms with Gasteiger partial charge in [-0.25, -0.2) is 4.79 Å². The summed E-state index contributed by atoms with van der Waals surface area (Å²) in [4.78, 5) is 12.4. The lowest BCUT2D eigenvalue weighted by atomic mass is 9.98. The van der Waals surface area contributed by atoms with E-state index in [2.05, 4.69) is 45.5 Å². The van der Waals surface area contributed by atoms with Gasteiger partial charge in [-0.2, -0.15) is 0 Å². The molecule has 0 spiro atoms. The van der Waals surface area contributed by atoms with Gasteiger partial charge >= 0.3 is 6.09 Å². The van der Waals surface area contributed by atoms with E-state index in [1.165, 1.54) is 22.3 Å². The van der Waals surface area contributed by atoms with E-state index in [0.29, 0.717) is 13.0 Å². The van der Waals surface area contributed by atoms with Crippen LogP contribution < -0.4 is 10.1 Å². The molecule has 6 heteroatoms. The molecule has 0 saturated heterocycles. The first-order valence-electron chi connectivity index (χ1n) is 10.6. The number of hydrogen-bond acceptors (Lipinski definition) is 4. The predicted octanol–water partition coefficient (Wildman–Crippen LogP) is 5.15. The van der Waals surface area contributed by atoms with Crippen LogP contribution in [0.5, 0.6) is 5.75 Å². The Labute approximate surface area is 196 Å². The molecule has 3 aromatic carbocycles. The molecular formula is C26H26BrNO4. The van der Waals surface area contributed by atoms with Crippen molar-refractivity contribution in [2.24, 2.45) is 5.92 Å². The first-order valence-corrected chi connectivity index (χ1v) is 11.4. The maximum absolute atomic E-state index is 12.4. The molecule has 4 rings (SSSR count). The smallest absolute Gasteiger partial charge is 0.407 e. The number of rotatable bonds is 8. The van der Waals surface area contributed by atoms with Crippen molar-refractivity contribution in [1.29, 1.82) is 0 Å². The Kier molecular flexibility index (Phi) is 7.12. The van der Waals surface area contributed by atoms with Crippen molar-refractivity contribution in [2.75, 3.05) is 26.9 Å². The Morgan fingerprint density at radius 2 is 1.72 bits per heavy atom. The van der Waals surface area contributed by atoms with Gasteiger partial charge in [0.2, 0.25) is 0 Å². The summed E-state index contributed by atoms with van der Waals surface area (Å²) in [6.07, 6.45) is 0.0921. The predicted molar refractivity (Wildman–Crippen MR) is 128 cm³/mol. The topological polar surface area (TPSA) is 67.8 Å². The van der Waals surface area contributed by atoms with Crippen LogP contribution in [-0.2, 0) is 11.2 Å². The van der Waals surface area contributed by atoms with E-state index < -0.39 is 6.09 Å². The molecule has 0 radical (unpaired) electrons. The molecule has 0 saturated carbocycles. The van der Waals surface area contributed by atoms with Gasteiger partial charge in [0.25, 0.3) is 0 Å². The molecule has 1 aliphatic rings. The number of aliphatic hydroxyl groups is 1. The number of carbonyl (C=O) groups is 1. The average Bonchev–Trinajstić information content (AvgIpc) is 3.14. The van der Waals surface area contributed by atoms with E-state index in [1.807, 2.05) is 42.5 Å². The largest absolute Gasteiger partial charge is 0.496 e. The van der Waals surface area contributed by atoms with Gasteiger partial charge < -0.3 is 19.9 Å². The van der Waals surface area contributed by atoms with Crippen molar-refractivity contribution in [3.05, 3.63) is 87.9 Å². The van der Waals surface area contributed by atoms with E-state index in [1.54, 1.807) is 7.11 Å². The van der Waals surface area contributed by atoms with Gasteiger partial charge in [-0.1, -0.05) is 64.5 Å². The van der Waals surface area contributed by atoms with E-state index in [-0.39, 0.29) is 25.0 Å². The molecule has 2 N–H and O–H groups in total. The van der Waals surface area contributed by atoms with Gasteiger partial charge in [0, 0.05) is 29.5 Å². The highest BCUT2D eigenvalue weighted by Crippen LogP contribution is 2.44. The standard InChI is InChI=1S/C26H26BrNO4/c1-31-25-11-10-19(27)13-18(25)12-17(15-29)14-28-26(30)32-16-24-22-8-4-2-6-20(22)21-7-3-5-9-23(21)24/h2-11,13,17,24,29H,12,14-16H2,1H3,(H,28,30). The Morgan fingerprint density at radius 1 is 1.06 bits per heavy atom. The van der Waals surface area contributed by atoms with Gasteiger partial charge in [0.1, 0.15) is 12.4 Å². The number of benzene rings is 3. The lowest BCUT2D eigenvalue weighted by molar-refractivity contribution is 0.138. The fraction of sp³-hybridized carbons (Fsp3) is 0.269. The van der Waals surface area contributed by atoms with Gasteiger partial charge in [-0.3, -0.25) is 0 Å². The minimum Gasteiger partial charge on any atom is -0.496 e. The molecule has 0 heterocycles. The van der Waals surface area contributed by atoms with Crippen LogP contribution in [0.25, 0.3) is 11.1 Å². The van der Waals surface area contributed by atoms with Gasteiger partial charge in [-0.15, -0.1) is 0 Å². The minimum absolute atomic E-state index is 0.0210. The van der Waals surface area contributed by atoms with Gasteiger partial charge in [-0.05, 0) is 52.4 Å². The third-order valence-electron chi connectivity index (χ3n) is 5.89. The summed E-state index contributed by atoms with van der Waals surface area (Å²) in [6.45, 7) is 0.519. The third-order valence-corrected chi connectivity index (χ3v) is 6.38. The third kappa shape index (κ3) is 4.81. The number of aliphatic hydroxyl groups excluding tert-OH is 1. The van der Waals surface area contributed by atoms with Crippen molar-refractivity contribution in [3.63, 3.8) is 0 Å². The lowest BCUT2D eigenvalue weighted by Gasteiger charge is -2.18. The molecule has 0 aliphatic heterocycles. The summed E-state index contributed by atoms with van der Waals surface area (Å²) in [5.41, 5.74) is 5.71. The first-order chi connectivity index (χ1) is 15.6. The number of fused-ring (bicyclic) bond motifs is 3. The monoisotopic (exact) mass is 495 g/mol. The summed E-state index contributed by atoms with van der Waals surface area (Å²) >= 11 is 3.47. The second-order valence-corrected chi connectivity index (χ2v) is 8.83. The number of amides is 1. The second kappa shape index (κ2) is 10.2. The summed E-state index contributed by atoms with van der Waals surface area (Å²) in [5.74, 6) is 0.624. The van der Waals surface area contributed by atoms with E-state index in [4.69, 9.17) is 9.47 Å². The number of alkyl carbamates (subject to hydrolysis) is 1. The zero-order chi connectivity index (χ0) is 22.5. The van der Waals surface area contributed by atoms with Crippen molar-refractivity contribution < 1.29 is 19.4 Å². The van der Waals surface area contributed by atoms with Crippen LogP contribution in [0.4, 0.5) is 4.79 Å². The normalized spacial score (nSPS) is 13.2. The SMILES string of the molecule is COc1ccc(Br)cc1CC(CO)CNC(=O)OCC1c2ccccc2-c2ccccc21. The van der Waals surface area contributed by atoms with Crippen molar-refractivity contribution in [2.45, 2.75) is 12.3 Å². The Hall–Kier alpha value is -2.83. The Balaban J connectivity index is 1.35. The highest BCUT2D eigenvalue weighted by atomic mass is 79.9. The van der Waals surface area contributed by atoms with Crippen molar-refractivity contribution in [3.8, 4) is 16.9 Å². The number of ether oxygens (including phenoxy) is 2. The quantitative estimate of drug-likeness (QED) is 0.453. The van der Waals surface area contributed by atoms with Crippen LogP contribution in [0.2, 0.25) is 0 Å². The summed E-state index contributed by atoms with van der Waals surface area (Å²) < 4.78 is 11.9. The van der Waals surface area contributed by atoms with Crippen LogP contribution in [0.15, 0.2) is 71.2 Å². The van der Waals surface area contributed by atoms with Crippen molar-refractivity contribution >= 4 is 22.0 Å². The Bertz CT molecular complexity index is 1060. The molecule has 0 bridgehead atoms. The van der Waals surface area contributed by atoms with Gasteiger partial charge in [0.05, 0.1) is 7.11 Å². The average molecular weight is 496 g/mol. The first kappa shape index (κ1) is 22.4. The summed E-state index contributed by atoms with van der Waals surface area (Å²) in [6, 6.07) is 22.2. The molecule has 3 aromatic rings. The minimum atomic E-state index is -0.480. The fourth-order valence-corrected chi connectivity index (χ4v) is 4.70. The molecule has 32 heavy (non-hydrogen) atoms. The van der Waals surface area contributed by atoms with E-state index in [9.17, 15) is 9.90 Å². The van der Waals surface area contributed by atoms with Gasteiger partial charge in [0.15, 0.2) is 0 Å². The highest BCUT2D eigenvalue weighted by molar-refractivity contribution is 9.10. The molecule has 0 fully saturated rings. The van der Waals surface area contributed by atoms with Crippen LogP contribution in [0, 0.1) is 5.92 Å². The molecule has 5 nitrogen and oxygen atoms in total. The molecule has 166 valence electrons. The zero-order valence-corrected chi connectivity index (χ0v) is 19.5. The number of methoxy groups -OCH3 is 1. The van der Waals surface area contributed by atoms with Crippen LogP contribution in [-0.4, -0.2) is 38.1 Å². The second-order valence-electron chi connectivity index (χ2n) is 7.92. The van der Waals surface area contributed by atoms with Crippen LogP contribution >= 0.6 is 15.9 Å². The molecular weight excluding hydrogens is 470 g/mol. The number of hydrogen-bond donors (Lipinski definition) is 2. The molecule has 0 aromatic heterocycles. The Morgan fingerprint density at radius 3 is 2.34 bits per heavy atom. The summed E-state index contributed by atoms with van der Waals surface area (Å²) in [7, 11) is 1.62. The van der Waals surface area contributed by atoms with E-state index in [0.717, 1.165) is 15.8 Å². The number of halogens is 1. The van der Waals surface area contributed by atoms with Crippen molar-refractivity contribution in [1.82, 2.24) is 5.32 Å². The van der Waals surface area contributed by atoms with E-state index >= 15 is 0 Å². The lowest BCUT2D eigenvalue weighted by Crippen LogP contribution is -2.33. The molecule has 1 amide bonds. The summed E-state index contributed by atoms with van der Waals surface area (Å²) in [5, 5.41) is 12.6. The molecule has 1 atom stereocenters. The maximum Gasteiger partial charge on any atom is 0.407 e. The van der Waals surface area contributed by atoms with Crippen LogP contribution in [0.3, 0.4) is 0 Å². The number of nitrogens with one attached hydrogen (secondary N) is 1. The fourth-order valence-electron chi connectivity index (χ4n) is 4.30. The highest BCUT2D eigenvalue weighted by Gasteiger charge is 2.29. The molecule has 1 unspecified atom stereocenters. The zero-order valence-electron chi connectivity index (χ0n) is 17.9.